The highest BCUT2D eigenvalue weighted by Gasteiger charge is 2.52. The number of hydrogen-bond donors (Lipinski definition) is 1. The molecule has 0 bridgehead atoms. The zero-order valence-corrected chi connectivity index (χ0v) is 62.5. The van der Waals surface area contributed by atoms with Gasteiger partial charge >= 0.3 is 25.6 Å². The molecule has 13 rings (SSSR count). The van der Waals surface area contributed by atoms with Gasteiger partial charge in [-0.05, 0) is 135 Å². The number of imidazole rings is 3. The van der Waals surface area contributed by atoms with E-state index in [0.29, 0.717) is 45.9 Å². The van der Waals surface area contributed by atoms with Crippen LogP contribution < -0.4 is 5.46 Å². The van der Waals surface area contributed by atoms with Crippen LogP contribution in [-0.4, -0.2) is 125 Å². The van der Waals surface area contributed by atoms with Crippen LogP contribution >= 0.6 is 39.1 Å². The summed E-state index contributed by atoms with van der Waals surface area (Å²) in [6.07, 6.45) is 7.88. The van der Waals surface area contributed by atoms with E-state index in [1.165, 1.54) is 36.4 Å². The molecule has 0 unspecified atom stereocenters. The first-order valence-corrected chi connectivity index (χ1v) is 40.9. The van der Waals surface area contributed by atoms with E-state index >= 15 is 0 Å². The third kappa shape index (κ3) is 21.1. The number of ether oxygens (including phenoxy) is 2. The van der Waals surface area contributed by atoms with E-state index in [9.17, 15) is 39.5 Å². The summed E-state index contributed by atoms with van der Waals surface area (Å²) >= 11 is 13.4. The number of aromatic amines is 1. The summed E-state index contributed by atoms with van der Waals surface area (Å²) in [6, 6.07) is 24.8. The molecule has 0 amide bonds. The van der Waals surface area contributed by atoms with Crippen LogP contribution in [-0.2, 0) is 50.8 Å². The van der Waals surface area contributed by atoms with Gasteiger partial charge in [-0.3, -0.25) is 5.10 Å². The number of H-pyrrole nitrogens is 1. The Morgan fingerprint density at radius 1 is 0.539 bits per heavy atom. The molecule has 1 saturated heterocycles. The molecule has 0 spiro atoms. The van der Waals surface area contributed by atoms with Gasteiger partial charge in [-0.15, -0.1) is 23.2 Å². The first-order chi connectivity index (χ1) is 47.8. The maximum Gasteiger partial charge on any atom is 0.496 e. The molecule has 1 aliphatic rings. The number of nitrogens with one attached hydrogen (secondary N) is 1. The summed E-state index contributed by atoms with van der Waals surface area (Å²) < 4.78 is 149. The van der Waals surface area contributed by atoms with Crippen molar-refractivity contribution in [3.63, 3.8) is 0 Å². The summed E-state index contributed by atoms with van der Waals surface area (Å²) in [5.74, 6) is 0. The topological polar surface area (TPSA) is 192 Å². The second-order valence-electron chi connectivity index (χ2n) is 26.9. The van der Waals surface area contributed by atoms with Gasteiger partial charge in [0, 0.05) is 120 Å². The first kappa shape index (κ1) is 78.1. The van der Waals surface area contributed by atoms with Gasteiger partial charge in [0.15, 0.2) is 0 Å². The van der Waals surface area contributed by atoms with Crippen LogP contribution in [0, 0.1) is 0 Å². The number of fused-ring (bicyclic) bond motifs is 3. The Labute approximate surface area is 603 Å². The molecule has 1 fully saturated rings. The maximum atomic E-state index is 13.2. The van der Waals surface area contributed by atoms with E-state index in [1.807, 2.05) is 80.6 Å². The highest BCUT2D eigenvalue weighted by atomic mass is 79.9. The number of pyridine rings is 6. The first-order valence-electron chi connectivity index (χ1n) is 31.9. The van der Waals surface area contributed by atoms with Gasteiger partial charge in [0.05, 0.1) is 44.6 Å². The highest BCUT2D eigenvalue weighted by Crippen LogP contribution is 2.39. The van der Waals surface area contributed by atoms with E-state index in [-0.39, 0.29) is 53.7 Å². The lowest BCUT2D eigenvalue weighted by molar-refractivity contribution is -0.141. The van der Waals surface area contributed by atoms with Crippen molar-refractivity contribution < 1.29 is 58.3 Å². The van der Waals surface area contributed by atoms with Gasteiger partial charge in [0.25, 0.3) is 0 Å². The van der Waals surface area contributed by atoms with Crippen LogP contribution in [0.15, 0.2) is 170 Å². The highest BCUT2D eigenvalue weighted by molar-refractivity contribution is 9.10. The van der Waals surface area contributed by atoms with Crippen LogP contribution in [0.4, 0.5) is 39.5 Å². The van der Waals surface area contributed by atoms with Crippen molar-refractivity contribution in [3.8, 4) is 56.4 Å². The third-order valence-electron chi connectivity index (χ3n) is 15.8. The summed E-state index contributed by atoms with van der Waals surface area (Å²) in [5, 5.41) is 15.5. The van der Waals surface area contributed by atoms with Crippen LogP contribution in [0.1, 0.15) is 51.7 Å². The van der Waals surface area contributed by atoms with Crippen molar-refractivity contribution in [3.05, 3.63) is 187 Å². The predicted octanol–water partition coefficient (Wildman–Crippen LogP) is 17.9. The molecule has 19 nitrogen and oxygen atoms in total. The lowest BCUT2D eigenvalue weighted by Gasteiger charge is -2.32. The SMILES string of the molecule is CC(Cl)Cl.CC1(C)OB(c2ccc3nccn3c2)OC1(C)C.C[Si](C)(C)CCOCn1cc(-c2ccc3nccn3c2)c(-c2cccc(C(F)(F)F)n2)n1.C[Si](C)(C)CCOCn1cc(Br)c(-c2cccc(C(F)(F)F)n2)n1.FC(F)(F)c1cccc(-c2[nH]ncc2-c2ccc3nccn3c2)n1. The van der Waals surface area contributed by atoms with Crippen LogP contribution in [0.25, 0.3) is 73.4 Å². The molecule has 0 radical (unpaired) electrons. The monoisotopic (exact) mass is 1550 g/mol. The van der Waals surface area contributed by atoms with E-state index in [1.54, 1.807) is 59.7 Å². The van der Waals surface area contributed by atoms with Crippen LogP contribution in [0.5, 0.6) is 0 Å². The molecular formula is C68H74BBrCl2F9N15O4Si2. The molecule has 12 aromatic rings. The fraction of sp³-hybridized carbons (Fsp3) is 0.338. The predicted molar refractivity (Wildman–Crippen MR) is 384 cm³/mol. The van der Waals surface area contributed by atoms with Crippen LogP contribution in [0.2, 0.25) is 51.4 Å². The summed E-state index contributed by atoms with van der Waals surface area (Å²) in [4.78, 5) is 23.6. The molecule has 1 aliphatic heterocycles. The Balaban J connectivity index is 0.000000158. The quantitative estimate of drug-likeness (QED) is 0.0416. The molecule has 0 atom stereocenters. The van der Waals surface area contributed by atoms with E-state index in [4.69, 9.17) is 42.0 Å². The Morgan fingerprint density at radius 2 is 0.941 bits per heavy atom. The second-order valence-corrected chi connectivity index (χ2v) is 40.5. The van der Waals surface area contributed by atoms with Gasteiger partial charge in [0.1, 0.15) is 63.7 Å². The zero-order valence-electron chi connectivity index (χ0n) is 57.4. The maximum absolute atomic E-state index is 13.2. The van der Waals surface area contributed by atoms with E-state index in [0.717, 1.165) is 63.8 Å². The minimum Gasteiger partial charge on any atom is -0.399 e. The Bertz CT molecular complexity index is 4740. The van der Waals surface area contributed by atoms with Gasteiger partial charge in [-0.2, -0.15) is 54.8 Å². The Morgan fingerprint density at radius 3 is 1.40 bits per heavy atom. The summed E-state index contributed by atoms with van der Waals surface area (Å²) in [6.45, 7) is 25.2. The standard InChI is InChI=1S/C22H24F3N5OSi.C16H10F3N5.C15H19BrF3N3OSi.C13H17BN2O2.C2H4Cl2/c1-32(2,3)12-11-31-15-30-14-17(16-7-8-20-26-9-10-29(20)13-16)21(28-30)18-5-4-6-19(27-18)22(23,24)25;17-16(18,19)13-3-1-2-12(22-13)15-11(8-21-23-15)10-4-5-14-20-6-7-24(14)9-10;1-24(2,3)8-7-23-10-22-9-11(16)14(21-22)12-5-4-6-13(20-12)15(17,18)19;1-12(2)13(3,4)18-14(17-12)10-5-6-11-15-7-8-16(11)9-10;1-2(3)4/h4-10,13-14H,11-12,15H2,1-3H3;1-9H,(H,21,23);4-6,9H,7-8,10H2,1-3H3;5-9H,1-4H3;2H,1H3. The average Bonchev–Trinajstić information content (AvgIpc) is 1.62. The van der Waals surface area contributed by atoms with Gasteiger partial charge in [0.2, 0.25) is 0 Å². The average molecular weight is 1550 g/mol. The second kappa shape index (κ2) is 32.3. The minimum absolute atomic E-state index is 0.154. The smallest absolute Gasteiger partial charge is 0.399 e. The van der Waals surface area contributed by atoms with Crippen molar-refractivity contribution in [1.82, 2.24) is 72.9 Å². The van der Waals surface area contributed by atoms with Crippen molar-refractivity contribution >= 4 is 84.8 Å². The molecule has 12 aromatic heterocycles. The molecule has 34 heteroatoms. The summed E-state index contributed by atoms with van der Waals surface area (Å²) in [5.41, 5.74) is 4.63. The fourth-order valence-electron chi connectivity index (χ4n) is 9.69. The van der Waals surface area contributed by atoms with Crippen molar-refractivity contribution in [2.24, 2.45) is 0 Å². The number of hydrogen-bond acceptors (Lipinski definition) is 13. The lowest BCUT2D eigenvalue weighted by atomic mass is 9.80. The molecule has 0 aliphatic carbocycles. The molecule has 0 saturated carbocycles. The van der Waals surface area contributed by atoms with E-state index in [2.05, 4.69) is 133 Å². The lowest BCUT2D eigenvalue weighted by Crippen LogP contribution is -2.41. The van der Waals surface area contributed by atoms with Crippen LogP contribution in [0.3, 0.4) is 0 Å². The van der Waals surface area contributed by atoms with Gasteiger partial charge in [-0.1, -0.05) is 63.5 Å². The van der Waals surface area contributed by atoms with Gasteiger partial charge < -0.3 is 32.0 Å². The minimum atomic E-state index is -4.53. The van der Waals surface area contributed by atoms with Crippen molar-refractivity contribution in [2.45, 2.75) is 134 Å². The number of halogens is 12. The largest absolute Gasteiger partial charge is 0.496 e. The third-order valence-corrected chi connectivity index (χ3v) is 19.7. The van der Waals surface area contributed by atoms with Crippen molar-refractivity contribution in [2.75, 3.05) is 13.2 Å². The number of nitrogens with zero attached hydrogens (tertiary/aromatic N) is 14. The van der Waals surface area contributed by atoms with Crippen molar-refractivity contribution in [1.29, 1.82) is 0 Å². The Kier molecular flexibility index (Phi) is 24.7. The molecule has 1 N–H and O–H groups in total. The normalized spacial score (nSPS) is 13.9. The Hall–Kier alpha value is -8.08. The summed E-state index contributed by atoms with van der Waals surface area (Å²) in [7, 11) is -2.71. The van der Waals surface area contributed by atoms with E-state index < -0.39 is 51.8 Å². The van der Waals surface area contributed by atoms with Gasteiger partial charge in [-0.25, -0.2) is 39.3 Å². The molecule has 0 aromatic carbocycles. The number of rotatable bonds is 16. The molecule has 13 heterocycles. The molecule has 540 valence electrons. The fourth-order valence-corrected chi connectivity index (χ4v) is 11.7. The number of alkyl halides is 11. The number of aromatic nitrogens is 15. The molecule has 102 heavy (non-hydrogen) atoms. The zero-order chi connectivity index (χ0) is 74.2. The molecular weight excluding hydrogens is 1480 g/mol.